The van der Waals surface area contributed by atoms with E-state index in [4.69, 9.17) is 9.52 Å². The lowest BCUT2D eigenvalue weighted by Gasteiger charge is -2.14. The van der Waals surface area contributed by atoms with E-state index in [9.17, 15) is 22.4 Å². The number of carboxylic acid groups (broad SMARTS) is 1. The van der Waals surface area contributed by atoms with Crippen molar-refractivity contribution in [1.82, 2.24) is 4.98 Å². The molecule has 0 bridgehead atoms. The van der Waals surface area contributed by atoms with Crippen LogP contribution in [-0.2, 0) is 4.79 Å². The van der Waals surface area contributed by atoms with Gasteiger partial charge in [-0.15, -0.1) is 13.2 Å². The molecule has 0 aliphatic rings. The van der Waals surface area contributed by atoms with Crippen LogP contribution >= 0.6 is 0 Å². The van der Waals surface area contributed by atoms with Crippen LogP contribution in [0, 0.1) is 5.82 Å². The molecule has 0 amide bonds. The Hall–Kier alpha value is -3.36. The first-order valence-corrected chi connectivity index (χ1v) is 7.99. The van der Waals surface area contributed by atoms with Crippen LogP contribution < -0.4 is 4.74 Å². The summed E-state index contributed by atoms with van der Waals surface area (Å²) in [5, 5.41) is 9.16. The number of aromatic nitrogens is 1. The van der Waals surface area contributed by atoms with Gasteiger partial charge in [0, 0.05) is 0 Å². The van der Waals surface area contributed by atoms with Gasteiger partial charge in [-0.05, 0) is 41.0 Å². The van der Waals surface area contributed by atoms with Crippen molar-refractivity contribution in [3.63, 3.8) is 0 Å². The molecule has 9 heteroatoms. The molecule has 0 saturated carbocycles. The van der Waals surface area contributed by atoms with Gasteiger partial charge >= 0.3 is 12.3 Å². The van der Waals surface area contributed by atoms with E-state index in [1.165, 1.54) is 30.7 Å². The summed E-state index contributed by atoms with van der Waals surface area (Å²) in [6.45, 7) is 0. The van der Waals surface area contributed by atoms with E-state index >= 15 is 0 Å². The Kier molecular flexibility index (Phi) is 5.34. The predicted molar refractivity (Wildman–Crippen MR) is 89.1 cm³/mol. The third-order valence-corrected chi connectivity index (χ3v) is 3.85. The minimum atomic E-state index is -4.86. The molecule has 0 saturated heterocycles. The summed E-state index contributed by atoms with van der Waals surface area (Å²) in [5.41, 5.74) is 0.788. The second kappa shape index (κ2) is 7.71. The van der Waals surface area contributed by atoms with Crippen LogP contribution in [0.25, 0.3) is 11.1 Å². The normalized spacial score (nSPS) is 12.6. The zero-order valence-electron chi connectivity index (χ0n) is 14.1. The average molecular weight is 395 g/mol. The number of oxazole rings is 1. The van der Waals surface area contributed by atoms with Crippen LogP contribution in [0.2, 0.25) is 0 Å². The third kappa shape index (κ3) is 4.87. The Morgan fingerprint density at radius 1 is 1.18 bits per heavy atom. The lowest BCUT2D eigenvalue weighted by molar-refractivity contribution is -0.274. The molecule has 0 spiro atoms. The van der Waals surface area contributed by atoms with Crippen molar-refractivity contribution in [2.75, 3.05) is 0 Å². The van der Waals surface area contributed by atoms with Crippen molar-refractivity contribution < 1.29 is 36.6 Å². The molecule has 1 atom stereocenters. The molecule has 0 radical (unpaired) electrons. The summed E-state index contributed by atoms with van der Waals surface area (Å²) in [5.74, 6) is -3.05. The van der Waals surface area contributed by atoms with E-state index < -0.39 is 36.2 Å². The summed E-state index contributed by atoms with van der Waals surface area (Å²) in [4.78, 5) is 15.1. The number of nitrogens with zero attached hydrogens (tertiary/aromatic N) is 1. The van der Waals surface area contributed by atoms with Gasteiger partial charge in [0.2, 0.25) is 5.89 Å². The number of carbonyl (C=O) groups is 1. The Morgan fingerprint density at radius 3 is 2.61 bits per heavy atom. The molecule has 28 heavy (non-hydrogen) atoms. The number of rotatable bonds is 6. The second-order valence-electron chi connectivity index (χ2n) is 5.87. The van der Waals surface area contributed by atoms with Crippen LogP contribution in [-0.4, -0.2) is 22.4 Å². The monoisotopic (exact) mass is 395 g/mol. The lowest BCUT2D eigenvalue weighted by Crippen LogP contribution is -2.17. The van der Waals surface area contributed by atoms with Crippen LogP contribution in [0.3, 0.4) is 0 Å². The molecular formula is C19H13F4NO4. The van der Waals surface area contributed by atoms with Crippen LogP contribution in [0.5, 0.6) is 5.75 Å². The summed E-state index contributed by atoms with van der Waals surface area (Å²) >= 11 is 0. The standard InChI is InChI=1S/C19H13F4NO4/c20-14-7-12(11-2-1-3-15(9-11)28-19(21,22)23)6-13(8-14)16(10-17(25)26)18-24-4-5-27-18/h1-9,16H,10H2,(H,25,26). The van der Waals surface area contributed by atoms with Gasteiger partial charge < -0.3 is 14.3 Å². The van der Waals surface area contributed by atoms with Gasteiger partial charge in [0.05, 0.1) is 18.5 Å². The van der Waals surface area contributed by atoms with E-state index in [2.05, 4.69) is 9.72 Å². The minimum absolute atomic E-state index is 0.0908. The van der Waals surface area contributed by atoms with E-state index in [-0.39, 0.29) is 22.6 Å². The highest BCUT2D eigenvalue weighted by Crippen LogP contribution is 2.33. The van der Waals surface area contributed by atoms with Gasteiger partial charge in [-0.25, -0.2) is 9.37 Å². The van der Waals surface area contributed by atoms with Crippen molar-refractivity contribution >= 4 is 5.97 Å². The highest BCUT2D eigenvalue weighted by molar-refractivity contribution is 5.70. The Bertz CT molecular complexity index is 970. The largest absolute Gasteiger partial charge is 0.573 e. The zero-order chi connectivity index (χ0) is 20.3. The van der Waals surface area contributed by atoms with Crippen molar-refractivity contribution in [2.45, 2.75) is 18.7 Å². The molecule has 1 heterocycles. The van der Waals surface area contributed by atoms with E-state index in [0.29, 0.717) is 0 Å². The molecule has 5 nitrogen and oxygen atoms in total. The Balaban J connectivity index is 2.02. The maximum Gasteiger partial charge on any atom is 0.573 e. The zero-order valence-corrected chi connectivity index (χ0v) is 14.1. The molecule has 1 unspecified atom stereocenters. The molecule has 2 aromatic carbocycles. The fraction of sp³-hybridized carbons (Fsp3) is 0.158. The van der Waals surface area contributed by atoms with Crippen molar-refractivity contribution in [1.29, 1.82) is 0 Å². The van der Waals surface area contributed by atoms with Gasteiger partial charge in [0.1, 0.15) is 17.8 Å². The topological polar surface area (TPSA) is 72.6 Å². The summed E-state index contributed by atoms with van der Waals surface area (Å²) in [7, 11) is 0. The number of hydrogen-bond acceptors (Lipinski definition) is 4. The molecular weight excluding hydrogens is 382 g/mol. The first-order valence-electron chi connectivity index (χ1n) is 7.99. The van der Waals surface area contributed by atoms with Gasteiger partial charge in [-0.2, -0.15) is 0 Å². The number of carboxylic acids is 1. The number of hydrogen-bond donors (Lipinski definition) is 1. The Morgan fingerprint density at radius 2 is 1.96 bits per heavy atom. The van der Waals surface area contributed by atoms with Gasteiger partial charge in [0.15, 0.2) is 0 Å². The first kappa shape index (κ1) is 19.4. The molecule has 0 aliphatic heterocycles. The fourth-order valence-electron chi connectivity index (χ4n) is 2.78. The average Bonchev–Trinajstić information content (AvgIpc) is 3.12. The molecule has 1 N–H and O–H groups in total. The maximum atomic E-state index is 14.2. The molecule has 1 aromatic heterocycles. The fourth-order valence-corrected chi connectivity index (χ4v) is 2.78. The highest BCUT2D eigenvalue weighted by atomic mass is 19.4. The third-order valence-electron chi connectivity index (χ3n) is 3.85. The van der Waals surface area contributed by atoms with Gasteiger partial charge in [0.25, 0.3) is 0 Å². The smallest absolute Gasteiger partial charge is 0.481 e. The number of benzene rings is 2. The van der Waals surface area contributed by atoms with E-state index in [1.807, 2.05) is 0 Å². The van der Waals surface area contributed by atoms with Crippen LogP contribution in [0.15, 0.2) is 59.3 Å². The molecule has 146 valence electrons. The Labute approximate surface area is 156 Å². The van der Waals surface area contributed by atoms with Crippen LogP contribution in [0.4, 0.5) is 17.6 Å². The van der Waals surface area contributed by atoms with Gasteiger partial charge in [-0.1, -0.05) is 18.2 Å². The summed E-state index contributed by atoms with van der Waals surface area (Å²) in [6.07, 6.45) is -2.66. The SMILES string of the molecule is O=C(O)CC(c1cc(F)cc(-c2cccc(OC(F)(F)F)c2)c1)c1ncco1. The van der Waals surface area contributed by atoms with Crippen molar-refractivity contribution in [3.8, 4) is 16.9 Å². The summed E-state index contributed by atoms with van der Waals surface area (Å²) < 4.78 is 60.6. The first-order chi connectivity index (χ1) is 13.2. The second-order valence-corrected chi connectivity index (χ2v) is 5.87. The highest BCUT2D eigenvalue weighted by Gasteiger charge is 2.31. The minimum Gasteiger partial charge on any atom is -0.481 e. The van der Waals surface area contributed by atoms with Crippen LogP contribution in [0.1, 0.15) is 23.8 Å². The predicted octanol–water partition coefficient (Wildman–Crippen LogP) is 4.99. The van der Waals surface area contributed by atoms with Gasteiger partial charge in [-0.3, -0.25) is 4.79 Å². The quantitative estimate of drug-likeness (QED) is 0.596. The number of ether oxygens (including phenoxy) is 1. The molecule has 3 rings (SSSR count). The number of alkyl halides is 3. The van der Waals surface area contributed by atoms with E-state index in [1.54, 1.807) is 0 Å². The summed E-state index contributed by atoms with van der Waals surface area (Å²) in [6, 6.07) is 8.80. The lowest BCUT2D eigenvalue weighted by atomic mass is 9.92. The molecule has 3 aromatic rings. The maximum absolute atomic E-state index is 14.2. The van der Waals surface area contributed by atoms with Crippen molar-refractivity contribution in [3.05, 3.63) is 72.2 Å². The van der Waals surface area contributed by atoms with Crippen molar-refractivity contribution in [2.24, 2.45) is 0 Å². The van der Waals surface area contributed by atoms with E-state index in [0.717, 1.165) is 24.3 Å². The molecule has 0 fully saturated rings. The molecule has 0 aliphatic carbocycles. The number of aliphatic carboxylic acids is 1. The number of halogens is 4.